The summed E-state index contributed by atoms with van der Waals surface area (Å²) in [6.45, 7) is 0.627. The molecule has 1 atom stereocenters. The van der Waals surface area contributed by atoms with Crippen molar-refractivity contribution >= 4 is 0 Å². The molecule has 114 valence electrons. The molecule has 3 aromatic rings. The second-order valence-corrected chi connectivity index (χ2v) is 5.25. The van der Waals surface area contributed by atoms with E-state index in [2.05, 4.69) is 15.2 Å². The zero-order valence-electron chi connectivity index (χ0n) is 12.0. The van der Waals surface area contributed by atoms with Gasteiger partial charge in [-0.2, -0.15) is 5.10 Å². The topological polar surface area (TPSA) is 66.7 Å². The van der Waals surface area contributed by atoms with Crippen LogP contribution in [0.25, 0.3) is 0 Å². The number of nitrogens with zero attached hydrogens (tertiary/aromatic N) is 3. The SMILES string of the molecule is OC(CCc1ccn(Cc2cccc(F)c2)c1)c1ncn[nH]1. The first-order chi connectivity index (χ1) is 10.7. The van der Waals surface area contributed by atoms with Crippen molar-refractivity contribution in [3.8, 4) is 0 Å². The molecule has 0 saturated heterocycles. The van der Waals surface area contributed by atoms with Crippen molar-refractivity contribution in [1.82, 2.24) is 19.7 Å². The minimum atomic E-state index is -0.644. The molecule has 0 radical (unpaired) electrons. The molecule has 0 fully saturated rings. The monoisotopic (exact) mass is 300 g/mol. The normalized spacial score (nSPS) is 12.5. The predicted molar refractivity (Wildman–Crippen MR) is 79.6 cm³/mol. The second-order valence-electron chi connectivity index (χ2n) is 5.25. The number of aromatic nitrogens is 4. The van der Waals surface area contributed by atoms with Crippen LogP contribution in [0.4, 0.5) is 4.39 Å². The van der Waals surface area contributed by atoms with Crippen molar-refractivity contribution < 1.29 is 9.50 Å². The van der Waals surface area contributed by atoms with Gasteiger partial charge in [0.25, 0.3) is 0 Å². The lowest BCUT2D eigenvalue weighted by Crippen LogP contribution is -2.02. The first kappa shape index (κ1) is 14.5. The van der Waals surface area contributed by atoms with Crippen LogP contribution in [0.1, 0.15) is 29.5 Å². The largest absolute Gasteiger partial charge is 0.385 e. The number of halogens is 1. The Bertz CT molecular complexity index is 723. The van der Waals surface area contributed by atoms with Crippen LogP contribution in [0.2, 0.25) is 0 Å². The molecule has 2 N–H and O–H groups in total. The van der Waals surface area contributed by atoms with Gasteiger partial charge in [0.15, 0.2) is 5.82 Å². The summed E-state index contributed by atoms with van der Waals surface area (Å²) in [4.78, 5) is 3.94. The molecule has 0 saturated carbocycles. The Morgan fingerprint density at radius 1 is 1.27 bits per heavy atom. The van der Waals surface area contributed by atoms with Crippen LogP contribution in [0.5, 0.6) is 0 Å². The van der Waals surface area contributed by atoms with Crippen LogP contribution in [0, 0.1) is 5.82 Å². The van der Waals surface area contributed by atoms with Crippen molar-refractivity contribution in [2.24, 2.45) is 0 Å². The number of aromatic amines is 1. The Hall–Kier alpha value is -2.47. The van der Waals surface area contributed by atoms with Crippen LogP contribution in [0.3, 0.4) is 0 Å². The molecule has 0 aliphatic heterocycles. The maximum atomic E-state index is 13.2. The molecule has 5 nitrogen and oxygen atoms in total. The smallest absolute Gasteiger partial charge is 0.153 e. The van der Waals surface area contributed by atoms with Gasteiger partial charge in [-0.25, -0.2) is 9.37 Å². The summed E-state index contributed by atoms with van der Waals surface area (Å²) in [6, 6.07) is 8.59. The van der Waals surface area contributed by atoms with E-state index in [-0.39, 0.29) is 5.82 Å². The first-order valence-corrected chi connectivity index (χ1v) is 7.13. The van der Waals surface area contributed by atoms with E-state index in [4.69, 9.17) is 0 Å². The maximum absolute atomic E-state index is 13.2. The lowest BCUT2D eigenvalue weighted by Gasteiger charge is -2.06. The van der Waals surface area contributed by atoms with Crippen LogP contribution >= 0.6 is 0 Å². The fraction of sp³-hybridized carbons (Fsp3) is 0.250. The van der Waals surface area contributed by atoms with Crippen molar-refractivity contribution in [2.75, 3.05) is 0 Å². The predicted octanol–water partition coefficient (Wildman–Crippen LogP) is 2.46. The molecule has 22 heavy (non-hydrogen) atoms. The summed E-state index contributed by atoms with van der Waals surface area (Å²) in [5.74, 6) is 0.263. The molecule has 0 amide bonds. The highest BCUT2D eigenvalue weighted by molar-refractivity contribution is 5.18. The molecule has 1 unspecified atom stereocenters. The van der Waals surface area contributed by atoms with Gasteiger partial charge in [-0.15, -0.1) is 0 Å². The Morgan fingerprint density at radius 3 is 2.95 bits per heavy atom. The quantitative estimate of drug-likeness (QED) is 0.735. The molecule has 0 bridgehead atoms. The van der Waals surface area contributed by atoms with E-state index in [0.29, 0.717) is 18.8 Å². The van der Waals surface area contributed by atoms with E-state index in [1.807, 2.05) is 29.1 Å². The van der Waals surface area contributed by atoms with Gasteiger partial charge >= 0.3 is 0 Å². The summed E-state index contributed by atoms with van der Waals surface area (Å²) < 4.78 is 15.2. The summed E-state index contributed by atoms with van der Waals surface area (Å²) in [6.07, 6.45) is 6.01. The van der Waals surface area contributed by atoms with Gasteiger partial charge in [0.05, 0.1) is 0 Å². The molecule has 2 heterocycles. The van der Waals surface area contributed by atoms with Crippen molar-refractivity contribution in [1.29, 1.82) is 0 Å². The number of aliphatic hydroxyl groups is 1. The fourth-order valence-corrected chi connectivity index (χ4v) is 2.40. The minimum Gasteiger partial charge on any atom is -0.385 e. The van der Waals surface area contributed by atoms with Gasteiger partial charge in [0.1, 0.15) is 18.2 Å². The van der Waals surface area contributed by atoms with E-state index in [9.17, 15) is 9.50 Å². The van der Waals surface area contributed by atoms with E-state index < -0.39 is 6.10 Å². The highest BCUT2D eigenvalue weighted by atomic mass is 19.1. The number of hydrogen-bond donors (Lipinski definition) is 2. The van der Waals surface area contributed by atoms with Gasteiger partial charge in [0.2, 0.25) is 0 Å². The van der Waals surface area contributed by atoms with Crippen molar-refractivity contribution in [3.05, 3.63) is 71.8 Å². The average molecular weight is 300 g/mol. The lowest BCUT2D eigenvalue weighted by molar-refractivity contribution is 0.158. The maximum Gasteiger partial charge on any atom is 0.153 e. The van der Waals surface area contributed by atoms with Gasteiger partial charge in [-0.05, 0) is 42.2 Å². The third-order valence-electron chi connectivity index (χ3n) is 3.52. The second kappa shape index (κ2) is 6.53. The number of nitrogens with one attached hydrogen (secondary N) is 1. The summed E-state index contributed by atoms with van der Waals surface area (Å²) in [5.41, 5.74) is 2.04. The Morgan fingerprint density at radius 2 is 2.18 bits per heavy atom. The molecular formula is C16H17FN4O. The van der Waals surface area contributed by atoms with Gasteiger partial charge < -0.3 is 9.67 Å². The first-order valence-electron chi connectivity index (χ1n) is 7.13. The van der Waals surface area contributed by atoms with Gasteiger partial charge in [-0.1, -0.05) is 12.1 Å². The van der Waals surface area contributed by atoms with Gasteiger partial charge in [-0.3, -0.25) is 5.10 Å². The van der Waals surface area contributed by atoms with E-state index >= 15 is 0 Å². The number of aliphatic hydroxyl groups excluding tert-OH is 1. The van der Waals surface area contributed by atoms with Crippen molar-refractivity contribution in [3.63, 3.8) is 0 Å². The molecule has 3 rings (SSSR count). The van der Waals surface area contributed by atoms with E-state index in [1.54, 1.807) is 6.07 Å². The third kappa shape index (κ3) is 3.59. The number of benzene rings is 1. The summed E-state index contributed by atoms with van der Waals surface area (Å²) in [5, 5.41) is 16.4. The molecule has 1 aromatic carbocycles. The fourth-order valence-electron chi connectivity index (χ4n) is 2.40. The number of H-pyrrole nitrogens is 1. The van der Waals surface area contributed by atoms with E-state index in [0.717, 1.165) is 17.5 Å². The standard InChI is InChI=1S/C16H17FN4O/c17-14-3-1-2-13(8-14)10-21-7-6-12(9-21)4-5-15(22)16-18-11-19-20-16/h1-3,6-9,11,15,22H,4-5,10H2,(H,18,19,20). The highest BCUT2D eigenvalue weighted by Gasteiger charge is 2.10. The van der Waals surface area contributed by atoms with Crippen LogP contribution < -0.4 is 0 Å². The van der Waals surface area contributed by atoms with Gasteiger partial charge in [0, 0.05) is 18.9 Å². The summed E-state index contributed by atoms with van der Waals surface area (Å²) in [7, 11) is 0. The van der Waals surface area contributed by atoms with Crippen LogP contribution in [-0.4, -0.2) is 24.9 Å². The zero-order chi connectivity index (χ0) is 15.4. The molecule has 0 aliphatic rings. The van der Waals surface area contributed by atoms with Crippen LogP contribution in [0.15, 0.2) is 49.1 Å². The number of aryl methyl sites for hydroxylation is 1. The van der Waals surface area contributed by atoms with E-state index in [1.165, 1.54) is 18.5 Å². The zero-order valence-corrected chi connectivity index (χ0v) is 12.0. The lowest BCUT2D eigenvalue weighted by atomic mass is 10.1. The highest BCUT2D eigenvalue weighted by Crippen LogP contribution is 2.16. The van der Waals surface area contributed by atoms with Crippen molar-refractivity contribution in [2.45, 2.75) is 25.5 Å². The Labute approximate surface area is 127 Å². The van der Waals surface area contributed by atoms with Crippen LogP contribution in [-0.2, 0) is 13.0 Å². The average Bonchev–Trinajstić information content (AvgIpc) is 3.16. The molecule has 2 aromatic heterocycles. The number of rotatable bonds is 6. The Balaban J connectivity index is 1.57. The molecule has 6 heteroatoms. The molecule has 0 aliphatic carbocycles. The Kier molecular flexibility index (Phi) is 4.29. The molecular weight excluding hydrogens is 283 g/mol. The number of hydrogen-bond acceptors (Lipinski definition) is 3. The third-order valence-corrected chi connectivity index (χ3v) is 3.52. The minimum absolute atomic E-state index is 0.222. The molecule has 0 spiro atoms. The summed E-state index contributed by atoms with van der Waals surface area (Å²) >= 11 is 0.